The number of benzene rings is 1. The summed E-state index contributed by atoms with van der Waals surface area (Å²) in [6.07, 6.45) is 1.41. The Morgan fingerprint density at radius 1 is 1.30 bits per heavy atom. The van der Waals surface area contributed by atoms with Gasteiger partial charge < -0.3 is 9.47 Å². The number of nitrogens with zero attached hydrogens (tertiary/aromatic N) is 3. The molecule has 0 aliphatic carbocycles. The van der Waals surface area contributed by atoms with Crippen LogP contribution in [0.1, 0.15) is 25.8 Å². The average Bonchev–Trinajstić information content (AvgIpc) is 2.67. The van der Waals surface area contributed by atoms with Gasteiger partial charge in [0.1, 0.15) is 0 Å². The zero-order valence-electron chi connectivity index (χ0n) is 16.4. The molecule has 2 rings (SSSR count). The number of halogens is 2. The SMILES string of the molecule is CCC1SC(C=O)(N(C)C)N(CC)N=C1c1cc(F)c(OC)c(OC)c1F. The third-order valence-corrected chi connectivity index (χ3v) is 6.36. The van der Waals surface area contributed by atoms with Gasteiger partial charge in [0.25, 0.3) is 0 Å². The molecule has 0 N–H and O–H groups in total. The summed E-state index contributed by atoms with van der Waals surface area (Å²) in [5.41, 5.74) is 0.363. The molecular formula is C18H25F2N3O3S. The van der Waals surface area contributed by atoms with Crippen molar-refractivity contribution in [3.8, 4) is 11.5 Å². The summed E-state index contributed by atoms with van der Waals surface area (Å²) in [7, 11) is 6.07. The van der Waals surface area contributed by atoms with Crippen LogP contribution in [0.15, 0.2) is 11.2 Å². The smallest absolute Gasteiger partial charge is 0.214 e. The molecule has 6 nitrogen and oxygen atoms in total. The van der Waals surface area contributed by atoms with E-state index in [0.29, 0.717) is 18.7 Å². The highest BCUT2D eigenvalue weighted by Gasteiger charge is 2.46. The molecule has 0 fully saturated rings. The van der Waals surface area contributed by atoms with Crippen molar-refractivity contribution < 1.29 is 23.0 Å². The quantitative estimate of drug-likeness (QED) is 0.655. The van der Waals surface area contributed by atoms with Crippen molar-refractivity contribution in [2.75, 3.05) is 34.9 Å². The fourth-order valence-corrected chi connectivity index (χ4v) is 4.50. The summed E-state index contributed by atoms with van der Waals surface area (Å²) in [5, 5.41) is 5.83. The minimum absolute atomic E-state index is 0.00112. The Morgan fingerprint density at radius 2 is 1.93 bits per heavy atom. The van der Waals surface area contributed by atoms with E-state index in [1.165, 1.54) is 26.0 Å². The van der Waals surface area contributed by atoms with Crippen LogP contribution in [0, 0.1) is 11.6 Å². The number of carbonyl (C=O) groups excluding carboxylic acids is 1. The maximum Gasteiger partial charge on any atom is 0.214 e. The third kappa shape index (κ3) is 3.50. The van der Waals surface area contributed by atoms with Gasteiger partial charge in [0.05, 0.1) is 25.2 Å². The minimum Gasteiger partial charge on any atom is -0.490 e. The summed E-state index contributed by atoms with van der Waals surface area (Å²) in [6, 6.07) is 1.07. The van der Waals surface area contributed by atoms with Crippen molar-refractivity contribution in [2.24, 2.45) is 5.10 Å². The number of aldehydes is 1. The fourth-order valence-electron chi connectivity index (χ4n) is 3.07. The van der Waals surface area contributed by atoms with Crippen LogP contribution in [0.4, 0.5) is 8.78 Å². The molecule has 1 heterocycles. The lowest BCUT2D eigenvalue weighted by Gasteiger charge is -2.47. The molecule has 1 aromatic rings. The van der Waals surface area contributed by atoms with Crippen molar-refractivity contribution >= 4 is 23.8 Å². The van der Waals surface area contributed by atoms with E-state index in [1.807, 2.05) is 13.8 Å². The number of hydrogen-bond donors (Lipinski definition) is 0. The Kier molecular flexibility index (Phi) is 6.69. The highest BCUT2D eigenvalue weighted by atomic mass is 32.2. The zero-order valence-corrected chi connectivity index (χ0v) is 17.2. The number of rotatable bonds is 7. The fraction of sp³-hybridized carbons (Fsp3) is 0.556. The Labute approximate surface area is 162 Å². The lowest BCUT2D eigenvalue weighted by molar-refractivity contribution is -0.120. The number of hydrogen-bond acceptors (Lipinski definition) is 7. The molecule has 9 heteroatoms. The topological polar surface area (TPSA) is 54.4 Å². The average molecular weight is 401 g/mol. The number of thioether (sulfide) groups is 1. The molecule has 0 saturated carbocycles. The van der Waals surface area contributed by atoms with Gasteiger partial charge in [-0.05, 0) is 33.5 Å². The predicted octanol–water partition coefficient (Wildman–Crippen LogP) is 2.95. The number of likely N-dealkylation sites (N-methyl/N-ethyl adjacent to an activating group) is 2. The first-order chi connectivity index (χ1) is 12.8. The first-order valence-corrected chi connectivity index (χ1v) is 9.47. The summed E-state index contributed by atoms with van der Waals surface area (Å²) >= 11 is 1.35. The predicted molar refractivity (Wildman–Crippen MR) is 103 cm³/mol. The molecule has 2 atom stereocenters. The van der Waals surface area contributed by atoms with Crippen LogP contribution in [0.5, 0.6) is 11.5 Å². The molecule has 1 aromatic carbocycles. The van der Waals surface area contributed by atoms with Crippen LogP contribution < -0.4 is 9.47 Å². The second-order valence-electron chi connectivity index (χ2n) is 6.17. The molecule has 0 bridgehead atoms. The highest BCUT2D eigenvalue weighted by Crippen LogP contribution is 2.43. The first kappa shape index (κ1) is 21.4. The van der Waals surface area contributed by atoms with E-state index >= 15 is 4.39 Å². The van der Waals surface area contributed by atoms with Crippen LogP contribution >= 0.6 is 11.8 Å². The summed E-state index contributed by atoms with van der Waals surface area (Å²) in [5.74, 6) is -2.08. The molecular weight excluding hydrogens is 376 g/mol. The van der Waals surface area contributed by atoms with Crippen molar-refractivity contribution in [1.82, 2.24) is 9.91 Å². The number of carbonyl (C=O) groups is 1. The van der Waals surface area contributed by atoms with E-state index in [4.69, 9.17) is 9.47 Å². The molecule has 2 unspecified atom stereocenters. The van der Waals surface area contributed by atoms with Crippen LogP contribution in [-0.2, 0) is 4.79 Å². The Hall–Kier alpha value is -1.87. The molecule has 0 radical (unpaired) electrons. The van der Waals surface area contributed by atoms with Gasteiger partial charge in [0.15, 0.2) is 23.7 Å². The lowest BCUT2D eigenvalue weighted by Crippen LogP contribution is -2.59. The van der Waals surface area contributed by atoms with Crippen molar-refractivity contribution in [1.29, 1.82) is 0 Å². The lowest BCUT2D eigenvalue weighted by atomic mass is 10.0. The standard InChI is InChI=1S/C18H25F2N3O3S/c1-7-13-15(21-23(8-2)18(10-24,27-13)22(3)4)11-9-12(19)16(25-5)17(26-6)14(11)20/h9-10,13H,7-8H2,1-6H3. The second-order valence-corrected chi connectivity index (χ2v) is 7.58. The van der Waals surface area contributed by atoms with E-state index in [-0.39, 0.29) is 22.3 Å². The largest absolute Gasteiger partial charge is 0.490 e. The van der Waals surface area contributed by atoms with Crippen molar-refractivity contribution in [3.05, 3.63) is 23.3 Å². The van der Waals surface area contributed by atoms with Crippen LogP contribution in [0.2, 0.25) is 0 Å². The molecule has 1 aliphatic heterocycles. The van der Waals surface area contributed by atoms with Gasteiger partial charge in [0.2, 0.25) is 10.7 Å². The summed E-state index contributed by atoms with van der Waals surface area (Å²) in [4.78, 5) is 12.7. The Bertz CT molecular complexity index is 745. The van der Waals surface area contributed by atoms with Crippen LogP contribution in [-0.4, -0.2) is 67.0 Å². The van der Waals surface area contributed by atoms with Gasteiger partial charge in [-0.2, -0.15) is 5.10 Å². The van der Waals surface area contributed by atoms with Crippen LogP contribution in [0.25, 0.3) is 0 Å². The molecule has 27 heavy (non-hydrogen) atoms. The van der Waals surface area contributed by atoms with Crippen LogP contribution in [0.3, 0.4) is 0 Å². The highest BCUT2D eigenvalue weighted by molar-refractivity contribution is 8.02. The van der Waals surface area contributed by atoms with Gasteiger partial charge in [-0.3, -0.25) is 14.7 Å². The normalized spacial score (nSPS) is 22.6. The van der Waals surface area contributed by atoms with Gasteiger partial charge >= 0.3 is 0 Å². The maximum atomic E-state index is 15.1. The minimum atomic E-state index is -1.01. The third-order valence-electron chi connectivity index (χ3n) is 4.50. The monoisotopic (exact) mass is 401 g/mol. The molecule has 0 amide bonds. The maximum absolute atomic E-state index is 15.1. The zero-order chi connectivity index (χ0) is 20.4. The van der Waals surface area contributed by atoms with E-state index in [9.17, 15) is 9.18 Å². The van der Waals surface area contributed by atoms with Gasteiger partial charge in [0, 0.05) is 12.1 Å². The summed E-state index contributed by atoms with van der Waals surface area (Å²) in [6.45, 7) is 4.18. The molecule has 150 valence electrons. The van der Waals surface area contributed by atoms with E-state index < -0.39 is 16.6 Å². The Balaban J connectivity index is 2.70. The molecule has 0 aromatic heterocycles. The molecule has 0 spiro atoms. The first-order valence-electron chi connectivity index (χ1n) is 8.59. The molecule has 1 aliphatic rings. The van der Waals surface area contributed by atoms with Gasteiger partial charge in [-0.1, -0.05) is 18.7 Å². The van der Waals surface area contributed by atoms with Crippen molar-refractivity contribution in [2.45, 2.75) is 30.5 Å². The number of methoxy groups -OCH3 is 2. The molecule has 0 saturated heterocycles. The Morgan fingerprint density at radius 3 is 2.37 bits per heavy atom. The number of ether oxygens (including phenoxy) is 2. The van der Waals surface area contributed by atoms with Crippen molar-refractivity contribution in [3.63, 3.8) is 0 Å². The van der Waals surface area contributed by atoms with E-state index in [2.05, 4.69) is 5.10 Å². The van der Waals surface area contributed by atoms with E-state index in [1.54, 1.807) is 24.0 Å². The van der Waals surface area contributed by atoms with Gasteiger partial charge in [-0.15, -0.1) is 0 Å². The summed E-state index contributed by atoms with van der Waals surface area (Å²) < 4.78 is 39.5. The number of hydrazone groups is 1. The van der Waals surface area contributed by atoms with E-state index in [0.717, 1.165) is 12.4 Å². The van der Waals surface area contributed by atoms with Gasteiger partial charge in [-0.25, -0.2) is 8.78 Å². The second kappa shape index (κ2) is 8.43.